The normalized spacial score (nSPS) is 26.6. The van der Waals surface area contributed by atoms with E-state index in [-0.39, 0.29) is 73.8 Å². The molecule has 0 radical (unpaired) electrons. The first-order valence-corrected chi connectivity index (χ1v) is 32.8. The number of aliphatic hydroxyl groups is 1. The van der Waals surface area contributed by atoms with Crippen molar-refractivity contribution in [3.8, 4) is 17.2 Å². The zero-order valence-corrected chi connectivity index (χ0v) is 54.1. The molecule has 89 heavy (non-hydrogen) atoms. The third-order valence-corrected chi connectivity index (χ3v) is 20.6. The number of hydrogen-bond acceptors (Lipinski definition) is 20. The molecule has 5 heterocycles. The zero-order valence-electron chi connectivity index (χ0n) is 52.3. The van der Waals surface area contributed by atoms with Crippen LogP contribution in [0.15, 0.2) is 46.1 Å². The molecule has 1 saturated heterocycles. The van der Waals surface area contributed by atoms with Crippen molar-refractivity contribution in [2.45, 2.75) is 150 Å². The Morgan fingerprint density at radius 3 is 2.11 bits per heavy atom. The summed E-state index contributed by atoms with van der Waals surface area (Å²) in [6.07, 6.45) is 3.35. The van der Waals surface area contributed by atoms with Gasteiger partial charge in [-0.05, 0) is 55.9 Å². The number of carbonyl (C=O) groups is 7. The smallest absolute Gasteiger partial charge is 0.410 e. The number of amides is 4. The number of esters is 2. The molecule has 492 valence electrons. The highest BCUT2D eigenvalue weighted by Crippen LogP contribution is 2.58. The number of hydrogen-bond donors (Lipinski definition) is 10. The van der Waals surface area contributed by atoms with Gasteiger partial charge < -0.3 is 84.3 Å². The molecule has 0 aliphatic carbocycles. The largest absolute Gasteiger partial charge is 0.507 e. The Kier molecular flexibility index (Phi) is 22.9. The summed E-state index contributed by atoms with van der Waals surface area (Å²) in [7, 11) is -10.1. The molecule has 0 unspecified atom stereocenters. The molecular weight excluding hydrogens is 1200 g/mol. The summed E-state index contributed by atoms with van der Waals surface area (Å²) in [6.45, 7) is 21.6. The molecule has 4 amide bonds. The minimum Gasteiger partial charge on any atom is -0.507 e. The fourth-order valence-electron chi connectivity index (χ4n) is 11.5. The second-order valence-corrected chi connectivity index (χ2v) is 28.2. The highest BCUT2D eigenvalue weighted by molar-refractivity contribution is 7.70. The SMILES string of the molecule is CCC(=O)OCOC(=O)N[C@@H](CCC(=O)NC(P(=O)(O)O)P(=O)(O)O)C(=O)N(C)CC(=O)O[C@@H]1[C@@H](C)[C@@H](O)[C@@H](C)[C@H](C)[C@H](C)[C@@H](C)/C=C/O[C@@]2(C)Oc3c(C)c(O)c4c(O)c(c5c(c4c3C2=O)NC2(CCN(CC(C)C)CC2)N=5)=NC(=O)/C(C)=C\C=C\[C@@H]1C. The molecule has 2 aromatic rings. The Labute approximate surface area is 515 Å². The van der Waals surface area contributed by atoms with E-state index < -0.39 is 147 Å². The van der Waals surface area contributed by atoms with Gasteiger partial charge in [0.2, 0.25) is 24.1 Å². The number of carbonyl (C=O) groups excluding carboxylic acids is 7. The Morgan fingerprint density at radius 1 is 0.865 bits per heavy atom. The molecule has 30 heteroatoms. The van der Waals surface area contributed by atoms with Gasteiger partial charge in [0.05, 0.1) is 29.0 Å². The van der Waals surface area contributed by atoms with Gasteiger partial charge in [0.15, 0.2) is 5.75 Å². The fraction of sp³-hybridized carbons (Fsp3) is 0.610. The third-order valence-electron chi connectivity index (χ3n) is 17.2. The predicted molar refractivity (Wildman–Crippen MR) is 321 cm³/mol. The van der Waals surface area contributed by atoms with Crippen LogP contribution in [-0.2, 0) is 52.1 Å². The van der Waals surface area contributed by atoms with Gasteiger partial charge in [-0.15, -0.1) is 0 Å². The fourth-order valence-corrected chi connectivity index (χ4v) is 13.7. The monoisotopic (exact) mass is 1290 g/mol. The average Bonchev–Trinajstić information content (AvgIpc) is 1.59. The lowest BCUT2D eigenvalue weighted by Crippen LogP contribution is -2.50. The molecule has 5 aliphatic heterocycles. The van der Waals surface area contributed by atoms with Crippen LogP contribution in [0.5, 0.6) is 17.2 Å². The van der Waals surface area contributed by atoms with Crippen LogP contribution in [0.2, 0.25) is 0 Å². The topological polar surface area (TPSA) is 409 Å². The number of aromatic hydroxyl groups is 2. The molecular formula is C59H85N7O21P2. The van der Waals surface area contributed by atoms with Crippen LogP contribution in [-0.4, -0.2) is 161 Å². The van der Waals surface area contributed by atoms with Gasteiger partial charge in [-0.25, -0.2) is 9.79 Å². The number of alkyl carbamates (subject to hydrolysis) is 1. The van der Waals surface area contributed by atoms with Crippen LogP contribution in [0.3, 0.4) is 0 Å². The van der Waals surface area contributed by atoms with Gasteiger partial charge in [-0.3, -0.25) is 42.9 Å². The summed E-state index contributed by atoms with van der Waals surface area (Å²) in [6, 6.07) is -1.77. The van der Waals surface area contributed by atoms with Crippen LogP contribution >= 0.6 is 15.2 Å². The van der Waals surface area contributed by atoms with Crippen molar-refractivity contribution in [2.24, 2.45) is 51.4 Å². The summed E-state index contributed by atoms with van der Waals surface area (Å²) in [5.41, 5.74) is -3.40. The van der Waals surface area contributed by atoms with E-state index in [4.69, 9.17) is 28.7 Å². The number of ether oxygens (including phenoxy) is 5. The third kappa shape index (κ3) is 16.4. The number of piperidine rings is 1. The molecule has 2 aromatic carbocycles. The molecule has 5 bridgehead atoms. The number of likely N-dealkylation sites (tertiary alicyclic amines) is 1. The van der Waals surface area contributed by atoms with Crippen molar-refractivity contribution in [3.05, 3.63) is 58.0 Å². The van der Waals surface area contributed by atoms with E-state index in [1.165, 1.54) is 46.1 Å². The number of nitrogens with zero attached hydrogens (tertiary/aromatic N) is 4. The number of phenols is 2. The van der Waals surface area contributed by atoms with Crippen molar-refractivity contribution in [1.82, 2.24) is 20.4 Å². The Balaban J connectivity index is 1.37. The van der Waals surface area contributed by atoms with E-state index in [1.807, 2.05) is 27.7 Å². The molecule has 1 spiro atoms. The van der Waals surface area contributed by atoms with Gasteiger partial charge in [-0.2, -0.15) is 0 Å². The van der Waals surface area contributed by atoms with Gasteiger partial charge in [0.25, 0.3) is 11.7 Å². The number of aliphatic hydroxyl groups excluding tert-OH is 1. The first-order chi connectivity index (χ1) is 41.4. The Bertz CT molecular complexity index is 3390. The first kappa shape index (κ1) is 71.3. The van der Waals surface area contributed by atoms with E-state index in [9.17, 15) is 77.6 Å². The van der Waals surface area contributed by atoms with Crippen molar-refractivity contribution in [1.29, 1.82) is 0 Å². The number of allylic oxidation sites excluding steroid dienone is 3. The van der Waals surface area contributed by atoms with E-state index in [2.05, 4.69) is 34.4 Å². The van der Waals surface area contributed by atoms with Crippen LogP contribution in [0.4, 0.5) is 10.5 Å². The molecule has 1 fully saturated rings. The zero-order chi connectivity index (χ0) is 66.6. The van der Waals surface area contributed by atoms with E-state index in [0.29, 0.717) is 31.8 Å². The number of likely N-dealkylation sites (N-methyl/N-ethyl adjacent to an activating group) is 1. The number of ketones is 1. The van der Waals surface area contributed by atoms with Gasteiger partial charge in [0.1, 0.15) is 46.6 Å². The minimum absolute atomic E-state index is 0.0354. The van der Waals surface area contributed by atoms with Crippen molar-refractivity contribution in [3.63, 3.8) is 0 Å². The number of rotatable bonds is 16. The maximum absolute atomic E-state index is 14.9. The maximum atomic E-state index is 14.9. The summed E-state index contributed by atoms with van der Waals surface area (Å²) in [4.78, 5) is 145. The van der Waals surface area contributed by atoms with Crippen LogP contribution in [0.1, 0.15) is 124 Å². The van der Waals surface area contributed by atoms with Gasteiger partial charge in [0, 0.05) is 87.6 Å². The molecule has 10 N–H and O–H groups in total. The molecule has 10 atom stereocenters. The van der Waals surface area contributed by atoms with E-state index in [1.54, 1.807) is 31.3 Å². The molecule has 5 aliphatic rings. The molecule has 7 rings (SSSR count). The lowest BCUT2D eigenvalue weighted by molar-refractivity contribution is -0.161. The number of Topliss-reactive ketones (excluding diaryl/α,β-unsaturated/α-hetero) is 1. The van der Waals surface area contributed by atoms with E-state index >= 15 is 0 Å². The van der Waals surface area contributed by atoms with Crippen molar-refractivity contribution >= 4 is 73.2 Å². The highest BCUT2D eigenvalue weighted by atomic mass is 31.2. The Morgan fingerprint density at radius 2 is 1.51 bits per heavy atom. The van der Waals surface area contributed by atoms with E-state index in [0.717, 1.165) is 18.5 Å². The standard InChI is InChI=1S/C59H85N7O21P2/c1-14-40(68)83-28-84-56(76)60-38(18-19-39(67)61-57(88(77,78)79)89(80,81)82)55(75)65(13)27-41(69)86-51-31(5)16-15-17-32(6)54(74)62-47-46-45(63-59(64-46)21-23-66(24-22-59)26-29(2)3)42-43(50(47)72)49(71)37(11)52-44(42)53(73)58(12,87-52)85-25-20-30(4)33(7)34(8)35(9)48(70)36(51)10/h15-17,20,25,29-31,33-36,38,48,51,57,63,70-72H,14,18-19,21-24,26-28H2,1-13H3,(H,60,76)(H,61,67)(H2,77,78,79)(H2,80,81,82)/b16-15+,25-20+,32-17-,62-47?/t30-,31-,33+,34+,35-,36-,38-,48-,51-,58-/m0/s1. The number of nitrogens with one attached hydrogen (secondary N) is 3. The van der Waals surface area contributed by atoms with Gasteiger partial charge in [-0.1, -0.05) is 80.5 Å². The van der Waals surface area contributed by atoms with Crippen molar-refractivity contribution < 1.29 is 101 Å². The minimum atomic E-state index is -5.64. The molecule has 28 nitrogen and oxygen atoms in total. The summed E-state index contributed by atoms with van der Waals surface area (Å²) in [5, 5.41) is 43.6. The van der Waals surface area contributed by atoms with Crippen LogP contribution < -0.4 is 31.4 Å². The molecule has 0 aromatic heterocycles. The highest BCUT2D eigenvalue weighted by Gasteiger charge is 2.51. The van der Waals surface area contributed by atoms with Crippen LogP contribution in [0, 0.1) is 48.3 Å². The average molecular weight is 1290 g/mol. The number of phenolic OH excluding ortho intramolecular Hbond substituents is 2. The summed E-state index contributed by atoms with van der Waals surface area (Å²) < 4.78 is 51.9. The first-order valence-electron chi connectivity index (χ1n) is 29.5. The number of benzene rings is 2. The predicted octanol–water partition coefficient (Wildman–Crippen LogP) is 4.63. The lowest BCUT2D eigenvalue weighted by Gasteiger charge is -2.38. The Hall–Kier alpha value is -6.77. The number of fused-ring (bicyclic) bond motifs is 13. The quantitative estimate of drug-likeness (QED) is 0.0474. The second-order valence-electron chi connectivity index (χ2n) is 24.4. The summed E-state index contributed by atoms with van der Waals surface area (Å²) >= 11 is 0. The maximum Gasteiger partial charge on any atom is 0.410 e. The van der Waals surface area contributed by atoms with Crippen molar-refractivity contribution in [2.75, 3.05) is 45.3 Å². The van der Waals surface area contributed by atoms with Crippen LogP contribution in [0.25, 0.3) is 10.8 Å². The lowest BCUT2D eigenvalue weighted by atomic mass is 9.72. The summed E-state index contributed by atoms with van der Waals surface area (Å²) in [5.74, 6) is -10.9. The molecule has 0 saturated carbocycles. The second kappa shape index (κ2) is 28.6. The number of anilines is 1. The van der Waals surface area contributed by atoms with Gasteiger partial charge >= 0.3 is 39.0 Å².